The maximum absolute atomic E-state index is 9.00. The Morgan fingerprint density at radius 3 is 2.36 bits per heavy atom. The van der Waals surface area contributed by atoms with Crippen LogP contribution in [0.5, 0.6) is 5.75 Å². The molecule has 2 heteroatoms. The van der Waals surface area contributed by atoms with Gasteiger partial charge in [0.25, 0.3) is 0 Å². The molecule has 1 heterocycles. The van der Waals surface area contributed by atoms with Gasteiger partial charge in [-0.25, -0.2) is 0 Å². The molecular weight excluding hydrogens is 140 g/mol. The van der Waals surface area contributed by atoms with E-state index in [-0.39, 0.29) is 5.60 Å². The van der Waals surface area contributed by atoms with Crippen molar-refractivity contribution >= 4 is 0 Å². The quantitative estimate of drug-likeness (QED) is 0.617. The first-order valence-electron chi connectivity index (χ1n) is 3.64. The van der Waals surface area contributed by atoms with Gasteiger partial charge in [0.05, 0.1) is 6.61 Å². The van der Waals surface area contributed by atoms with Crippen molar-refractivity contribution in [3.05, 3.63) is 29.8 Å². The number of phenolic OH excluding ortho intramolecular Hbond substituents is 1. The number of benzene rings is 1. The minimum atomic E-state index is -0.0757. The second-order valence-corrected chi connectivity index (χ2v) is 3.07. The molecule has 0 radical (unpaired) electrons. The minimum Gasteiger partial charge on any atom is -0.508 e. The zero-order chi connectivity index (χ0) is 7.90. The predicted molar refractivity (Wildman–Crippen MR) is 41.4 cm³/mol. The lowest BCUT2D eigenvalue weighted by Gasteiger charge is -2.03. The first-order chi connectivity index (χ1) is 5.21. The Morgan fingerprint density at radius 2 is 1.91 bits per heavy atom. The molecule has 0 aromatic heterocycles. The maximum Gasteiger partial charge on any atom is 0.115 e. The molecule has 1 aromatic rings. The van der Waals surface area contributed by atoms with Gasteiger partial charge in [-0.05, 0) is 24.6 Å². The summed E-state index contributed by atoms with van der Waals surface area (Å²) in [6.07, 6.45) is 0. The van der Waals surface area contributed by atoms with Crippen LogP contribution < -0.4 is 0 Å². The molecule has 0 amide bonds. The van der Waals surface area contributed by atoms with Crippen LogP contribution in [0.4, 0.5) is 0 Å². The molecule has 11 heavy (non-hydrogen) atoms. The van der Waals surface area contributed by atoms with Gasteiger partial charge in [0.1, 0.15) is 11.4 Å². The van der Waals surface area contributed by atoms with Crippen molar-refractivity contribution < 1.29 is 9.84 Å². The fourth-order valence-corrected chi connectivity index (χ4v) is 1.09. The molecular formula is C9H10O2. The standard InChI is InChI=1S/C9H10O2/c1-9(6-11-9)7-2-4-8(10)5-3-7/h2-5,10H,6H2,1H3. The Hall–Kier alpha value is -1.02. The Balaban J connectivity index is 2.33. The summed E-state index contributed by atoms with van der Waals surface area (Å²) >= 11 is 0. The normalized spacial score (nSPS) is 28.5. The highest BCUT2D eigenvalue weighted by molar-refractivity contribution is 5.31. The van der Waals surface area contributed by atoms with Crippen LogP contribution >= 0.6 is 0 Å². The van der Waals surface area contributed by atoms with Crippen LogP contribution in [-0.4, -0.2) is 11.7 Å². The van der Waals surface area contributed by atoms with Gasteiger partial charge in [0.15, 0.2) is 0 Å². The molecule has 58 valence electrons. The van der Waals surface area contributed by atoms with Crippen LogP contribution in [0.2, 0.25) is 0 Å². The lowest BCUT2D eigenvalue weighted by atomic mass is 10.0. The number of epoxide rings is 1. The van der Waals surface area contributed by atoms with Gasteiger partial charge in [-0.1, -0.05) is 12.1 Å². The van der Waals surface area contributed by atoms with E-state index in [1.54, 1.807) is 12.1 Å². The molecule has 2 rings (SSSR count). The average molecular weight is 150 g/mol. The fraction of sp³-hybridized carbons (Fsp3) is 0.333. The summed E-state index contributed by atoms with van der Waals surface area (Å²) in [5.41, 5.74) is 1.06. The van der Waals surface area contributed by atoms with E-state index in [2.05, 4.69) is 0 Å². The van der Waals surface area contributed by atoms with Gasteiger partial charge < -0.3 is 9.84 Å². The van der Waals surface area contributed by atoms with E-state index in [9.17, 15) is 0 Å². The number of hydrogen-bond donors (Lipinski definition) is 1. The van der Waals surface area contributed by atoms with E-state index in [0.717, 1.165) is 12.2 Å². The summed E-state index contributed by atoms with van der Waals surface area (Å²) in [7, 11) is 0. The van der Waals surface area contributed by atoms with Crippen LogP contribution in [0.25, 0.3) is 0 Å². The largest absolute Gasteiger partial charge is 0.508 e. The summed E-state index contributed by atoms with van der Waals surface area (Å²) in [6, 6.07) is 7.15. The third kappa shape index (κ3) is 1.10. The number of rotatable bonds is 1. The average Bonchev–Trinajstić information content (AvgIpc) is 2.70. The monoisotopic (exact) mass is 150 g/mol. The zero-order valence-electron chi connectivity index (χ0n) is 6.37. The first kappa shape index (κ1) is 6.68. The third-order valence-electron chi connectivity index (χ3n) is 2.06. The Morgan fingerprint density at radius 1 is 1.36 bits per heavy atom. The van der Waals surface area contributed by atoms with E-state index in [0.29, 0.717) is 5.75 Å². The highest BCUT2D eigenvalue weighted by atomic mass is 16.6. The molecule has 0 saturated carbocycles. The SMILES string of the molecule is CC1(c2ccc(O)cc2)CO1. The highest BCUT2D eigenvalue weighted by Gasteiger charge is 2.40. The molecule has 1 saturated heterocycles. The van der Waals surface area contributed by atoms with Crippen LogP contribution in [0.1, 0.15) is 12.5 Å². The number of hydrogen-bond acceptors (Lipinski definition) is 2. The molecule has 1 aliphatic rings. The molecule has 1 N–H and O–H groups in total. The Labute approximate surface area is 65.4 Å². The van der Waals surface area contributed by atoms with E-state index in [1.807, 2.05) is 19.1 Å². The lowest BCUT2D eigenvalue weighted by molar-refractivity contribution is 0.329. The van der Waals surface area contributed by atoms with E-state index >= 15 is 0 Å². The number of phenols is 1. The molecule has 1 aromatic carbocycles. The topological polar surface area (TPSA) is 32.8 Å². The van der Waals surface area contributed by atoms with Crippen molar-refractivity contribution in [3.63, 3.8) is 0 Å². The number of ether oxygens (including phenoxy) is 1. The van der Waals surface area contributed by atoms with Gasteiger partial charge >= 0.3 is 0 Å². The van der Waals surface area contributed by atoms with Gasteiger partial charge in [-0.15, -0.1) is 0 Å². The molecule has 0 aliphatic carbocycles. The maximum atomic E-state index is 9.00. The van der Waals surface area contributed by atoms with Crippen LogP contribution in [-0.2, 0) is 10.3 Å². The van der Waals surface area contributed by atoms with Crippen molar-refractivity contribution in [2.75, 3.05) is 6.61 Å². The summed E-state index contributed by atoms with van der Waals surface area (Å²) in [4.78, 5) is 0. The third-order valence-corrected chi connectivity index (χ3v) is 2.06. The number of aromatic hydroxyl groups is 1. The molecule has 1 atom stereocenters. The summed E-state index contributed by atoms with van der Waals surface area (Å²) in [6.45, 7) is 2.83. The molecule has 1 fully saturated rings. The molecule has 0 bridgehead atoms. The molecule has 0 spiro atoms. The molecule has 1 unspecified atom stereocenters. The van der Waals surface area contributed by atoms with Crippen molar-refractivity contribution in [2.24, 2.45) is 0 Å². The van der Waals surface area contributed by atoms with Crippen LogP contribution in [0.3, 0.4) is 0 Å². The van der Waals surface area contributed by atoms with Gasteiger partial charge in [0, 0.05) is 0 Å². The molecule has 2 nitrogen and oxygen atoms in total. The van der Waals surface area contributed by atoms with Gasteiger partial charge in [0.2, 0.25) is 0 Å². The van der Waals surface area contributed by atoms with Gasteiger partial charge in [-0.3, -0.25) is 0 Å². The van der Waals surface area contributed by atoms with Crippen LogP contribution in [0, 0.1) is 0 Å². The summed E-state index contributed by atoms with van der Waals surface area (Å²) < 4.78 is 5.24. The molecule has 1 aliphatic heterocycles. The lowest BCUT2D eigenvalue weighted by Crippen LogP contribution is -2.00. The van der Waals surface area contributed by atoms with Crippen molar-refractivity contribution in [2.45, 2.75) is 12.5 Å². The second-order valence-electron chi connectivity index (χ2n) is 3.07. The summed E-state index contributed by atoms with van der Waals surface area (Å²) in [5, 5.41) is 9.00. The van der Waals surface area contributed by atoms with Crippen LogP contribution in [0.15, 0.2) is 24.3 Å². The summed E-state index contributed by atoms with van der Waals surface area (Å²) in [5.74, 6) is 0.304. The van der Waals surface area contributed by atoms with E-state index < -0.39 is 0 Å². The minimum absolute atomic E-state index is 0.0757. The Kier molecular flexibility index (Phi) is 1.20. The van der Waals surface area contributed by atoms with Crippen molar-refractivity contribution in [3.8, 4) is 5.75 Å². The predicted octanol–water partition coefficient (Wildman–Crippen LogP) is 1.64. The second kappa shape index (κ2) is 1.98. The first-order valence-corrected chi connectivity index (χ1v) is 3.64. The van der Waals surface area contributed by atoms with Crippen molar-refractivity contribution in [1.82, 2.24) is 0 Å². The fourth-order valence-electron chi connectivity index (χ4n) is 1.09. The smallest absolute Gasteiger partial charge is 0.115 e. The van der Waals surface area contributed by atoms with E-state index in [4.69, 9.17) is 9.84 Å². The zero-order valence-corrected chi connectivity index (χ0v) is 6.37. The van der Waals surface area contributed by atoms with Crippen molar-refractivity contribution in [1.29, 1.82) is 0 Å². The van der Waals surface area contributed by atoms with Gasteiger partial charge in [-0.2, -0.15) is 0 Å². The Bertz CT molecular complexity index is 259. The van der Waals surface area contributed by atoms with E-state index in [1.165, 1.54) is 0 Å². The highest BCUT2D eigenvalue weighted by Crippen LogP contribution is 2.38.